The maximum absolute atomic E-state index is 12.8. The predicted molar refractivity (Wildman–Crippen MR) is 90.2 cm³/mol. The van der Waals surface area contributed by atoms with Crippen LogP contribution in [0.25, 0.3) is 0 Å². The molecule has 0 saturated carbocycles. The quantitative estimate of drug-likeness (QED) is 0.862. The monoisotopic (exact) mass is 352 g/mol. The van der Waals surface area contributed by atoms with Gasteiger partial charge in [-0.25, -0.2) is 0 Å². The summed E-state index contributed by atoms with van der Waals surface area (Å²) in [5.74, 6) is 0.665. The number of thioether (sulfide) groups is 2. The maximum atomic E-state index is 12.8. The maximum Gasteiger partial charge on any atom is 0.305 e. The fourth-order valence-electron chi connectivity index (χ4n) is 2.67. The van der Waals surface area contributed by atoms with Crippen LogP contribution in [0.5, 0.6) is 0 Å². The van der Waals surface area contributed by atoms with E-state index in [1.807, 2.05) is 6.07 Å². The van der Waals surface area contributed by atoms with Gasteiger partial charge < -0.3 is 15.3 Å². The van der Waals surface area contributed by atoms with Gasteiger partial charge in [0.1, 0.15) is 0 Å². The number of nitrogens with one attached hydrogen (secondary N) is 1. The molecular weight excluding hydrogens is 336 g/mol. The number of hydrogen-bond donors (Lipinski definition) is 2. The van der Waals surface area contributed by atoms with Crippen molar-refractivity contribution in [3.05, 3.63) is 23.8 Å². The Hall–Kier alpha value is -1.67. The first kappa shape index (κ1) is 16.2. The van der Waals surface area contributed by atoms with Crippen molar-refractivity contribution >= 4 is 47.0 Å². The number of carboxylic acids is 1. The number of benzene rings is 1. The van der Waals surface area contributed by atoms with Crippen molar-refractivity contribution in [2.75, 3.05) is 29.1 Å². The minimum absolute atomic E-state index is 0.0454. The predicted octanol–water partition coefficient (Wildman–Crippen LogP) is 1.76. The van der Waals surface area contributed by atoms with E-state index in [4.69, 9.17) is 5.11 Å². The summed E-state index contributed by atoms with van der Waals surface area (Å²) in [5.41, 5.74) is 1.13. The normalized spacial score (nSPS) is 20.6. The van der Waals surface area contributed by atoms with Gasteiger partial charge in [0.25, 0.3) is 5.91 Å². The third kappa shape index (κ3) is 3.64. The third-order valence-corrected chi connectivity index (χ3v) is 5.92. The number of carboxylic acid groups (broad SMARTS) is 1. The second-order valence-electron chi connectivity index (χ2n) is 5.37. The third-order valence-electron chi connectivity index (χ3n) is 3.76. The Bertz CT molecular complexity index is 665. The lowest BCUT2D eigenvalue weighted by Crippen LogP contribution is -2.47. The summed E-state index contributed by atoms with van der Waals surface area (Å²) in [6, 6.07) is 4.96. The molecule has 23 heavy (non-hydrogen) atoms. The van der Waals surface area contributed by atoms with E-state index < -0.39 is 5.97 Å². The Kier molecular flexibility index (Phi) is 4.82. The zero-order chi connectivity index (χ0) is 16.4. The van der Waals surface area contributed by atoms with Crippen LogP contribution >= 0.6 is 23.5 Å². The van der Waals surface area contributed by atoms with E-state index in [-0.39, 0.29) is 24.3 Å². The lowest BCUT2D eigenvalue weighted by atomic mass is 10.1. The molecule has 2 aliphatic heterocycles. The minimum Gasteiger partial charge on any atom is -0.481 e. The van der Waals surface area contributed by atoms with Crippen LogP contribution in [0.1, 0.15) is 16.8 Å². The van der Waals surface area contributed by atoms with Crippen LogP contribution in [0.4, 0.5) is 5.69 Å². The van der Waals surface area contributed by atoms with E-state index in [9.17, 15) is 14.4 Å². The van der Waals surface area contributed by atoms with Crippen LogP contribution in [0.15, 0.2) is 23.1 Å². The number of hydrogen-bond acceptors (Lipinski definition) is 5. The van der Waals surface area contributed by atoms with Crippen LogP contribution < -0.4 is 5.32 Å². The zero-order valence-electron chi connectivity index (χ0n) is 12.3. The number of fused-ring (bicyclic) bond motifs is 1. The zero-order valence-corrected chi connectivity index (χ0v) is 13.9. The van der Waals surface area contributed by atoms with Crippen LogP contribution in [0.2, 0.25) is 0 Å². The average molecular weight is 352 g/mol. The van der Waals surface area contributed by atoms with Gasteiger partial charge >= 0.3 is 5.97 Å². The molecule has 3 rings (SSSR count). The highest BCUT2D eigenvalue weighted by Gasteiger charge is 2.30. The van der Waals surface area contributed by atoms with Gasteiger partial charge in [-0.1, -0.05) is 0 Å². The summed E-state index contributed by atoms with van der Waals surface area (Å²) >= 11 is 3.11. The fraction of sp³-hybridized carbons (Fsp3) is 0.400. The molecule has 122 valence electrons. The van der Waals surface area contributed by atoms with Crippen molar-refractivity contribution in [2.45, 2.75) is 17.4 Å². The first-order valence-corrected chi connectivity index (χ1v) is 9.36. The van der Waals surface area contributed by atoms with E-state index in [0.29, 0.717) is 29.3 Å². The largest absolute Gasteiger partial charge is 0.481 e. The van der Waals surface area contributed by atoms with Gasteiger partial charge in [0.05, 0.1) is 23.9 Å². The lowest BCUT2D eigenvalue weighted by molar-refractivity contribution is -0.138. The number of carbonyl (C=O) groups is 3. The molecule has 0 radical (unpaired) electrons. The number of aliphatic carboxylic acids is 1. The first-order valence-electron chi connectivity index (χ1n) is 7.22. The molecule has 2 aliphatic rings. The molecule has 1 fully saturated rings. The van der Waals surface area contributed by atoms with E-state index in [0.717, 1.165) is 10.6 Å². The summed E-state index contributed by atoms with van der Waals surface area (Å²) in [6.07, 6.45) is -0.0454. The molecule has 1 unspecified atom stereocenters. The molecule has 6 nitrogen and oxygen atoms in total. The highest BCUT2D eigenvalue weighted by atomic mass is 32.2. The SMILES string of the molecule is O=C(O)CC1CSCCN1C(=O)c1ccc2c(c1)NC(=O)CS2. The van der Waals surface area contributed by atoms with E-state index >= 15 is 0 Å². The molecule has 1 saturated heterocycles. The second kappa shape index (κ2) is 6.84. The highest BCUT2D eigenvalue weighted by Crippen LogP contribution is 2.32. The molecule has 0 aromatic heterocycles. The van der Waals surface area contributed by atoms with Gasteiger partial charge in [-0.15, -0.1) is 11.8 Å². The van der Waals surface area contributed by atoms with Crippen molar-refractivity contribution in [2.24, 2.45) is 0 Å². The fourth-order valence-corrected chi connectivity index (χ4v) is 4.53. The topological polar surface area (TPSA) is 86.7 Å². The molecule has 2 N–H and O–H groups in total. The van der Waals surface area contributed by atoms with Crippen molar-refractivity contribution < 1.29 is 19.5 Å². The number of rotatable bonds is 3. The molecule has 1 aromatic carbocycles. The molecule has 2 amide bonds. The molecule has 1 atom stereocenters. The summed E-state index contributed by atoms with van der Waals surface area (Å²) < 4.78 is 0. The summed E-state index contributed by atoms with van der Waals surface area (Å²) in [5, 5.41) is 11.8. The second-order valence-corrected chi connectivity index (χ2v) is 7.54. The number of amides is 2. The van der Waals surface area contributed by atoms with Gasteiger partial charge in [0.2, 0.25) is 5.91 Å². The molecule has 0 spiro atoms. The molecule has 0 bridgehead atoms. The van der Waals surface area contributed by atoms with Crippen LogP contribution in [0.3, 0.4) is 0 Å². The summed E-state index contributed by atoms with van der Waals surface area (Å²) in [6.45, 7) is 0.541. The van der Waals surface area contributed by atoms with Crippen molar-refractivity contribution in [3.63, 3.8) is 0 Å². The van der Waals surface area contributed by atoms with Crippen molar-refractivity contribution in [3.8, 4) is 0 Å². The van der Waals surface area contributed by atoms with Gasteiger partial charge in [0, 0.05) is 28.5 Å². The van der Waals surface area contributed by atoms with Crippen molar-refractivity contribution in [1.82, 2.24) is 4.90 Å². The summed E-state index contributed by atoms with van der Waals surface area (Å²) in [7, 11) is 0. The van der Waals surface area contributed by atoms with E-state index in [2.05, 4.69) is 5.32 Å². The van der Waals surface area contributed by atoms with Crippen LogP contribution in [-0.2, 0) is 9.59 Å². The molecule has 1 aromatic rings. The van der Waals surface area contributed by atoms with E-state index in [1.54, 1.807) is 28.8 Å². The summed E-state index contributed by atoms with van der Waals surface area (Å²) in [4.78, 5) is 37.8. The number of carbonyl (C=O) groups excluding carboxylic acids is 2. The Balaban J connectivity index is 1.82. The highest BCUT2D eigenvalue weighted by molar-refractivity contribution is 8.00. The molecule has 8 heteroatoms. The Labute approximate surface area is 142 Å². The smallest absolute Gasteiger partial charge is 0.305 e. The average Bonchev–Trinajstić information content (AvgIpc) is 2.53. The van der Waals surface area contributed by atoms with Crippen LogP contribution in [-0.4, -0.2) is 57.6 Å². The Morgan fingerprint density at radius 3 is 3.00 bits per heavy atom. The van der Waals surface area contributed by atoms with Gasteiger partial charge in [0.15, 0.2) is 0 Å². The number of nitrogens with zero attached hydrogens (tertiary/aromatic N) is 1. The number of anilines is 1. The van der Waals surface area contributed by atoms with Crippen LogP contribution in [0, 0.1) is 0 Å². The molecule has 0 aliphatic carbocycles. The minimum atomic E-state index is -0.899. The lowest BCUT2D eigenvalue weighted by Gasteiger charge is -2.34. The standard InChI is InChI=1S/C15H16N2O4S2/c18-13-8-23-12-2-1-9(5-11(12)16-13)15(21)17-3-4-22-7-10(17)6-14(19)20/h1-2,5,10H,3-4,6-8H2,(H,16,18)(H,19,20). The van der Waals surface area contributed by atoms with E-state index in [1.165, 1.54) is 11.8 Å². The van der Waals surface area contributed by atoms with Gasteiger partial charge in [-0.2, -0.15) is 11.8 Å². The van der Waals surface area contributed by atoms with Gasteiger partial charge in [-0.3, -0.25) is 14.4 Å². The molecular formula is C15H16N2O4S2. The first-order chi connectivity index (χ1) is 11.0. The Morgan fingerprint density at radius 1 is 1.39 bits per heavy atom. The molecule has 2 heterocycles. The van der Waals surface area contributed by atoms with Gasteiger partial charge in [-0.05, 0) is 18.2 Å². The Morgan fingerprint density at radius 2 is 2.22 bits per heavy atom. The van der Waals surface area contributed by atoms with Crippen molar-refractivity contribution in [1.29, 1.82) is 0 Å².